The Morgan fingerprint density at radius 3 is 2.79 bits per heavy atom. The number of hydrogen-bond donors (Lipinski definition) is 0. The number of para-hydroxylation sites is 1. The van der Waals surface area contributed by atoms with Gasteiger partial charge in [0.05, 0.1) is 25.4 Å². The summed E-state index contributed by atoms with van der Waals surface area (Å²) in [6, 6.07) is 7.41. The molecule has 1 aromatic carbocycles. The van der Waals surface area contributed by atoms with E-state index in [1.165, 1.54) is 0 Å². The first-order valence-corrected chi connectivity index (χ1v) is 6.80. The molecule has 1 aliphatic rings. The van der Waals surface area contributed by atoms with Crippen molar-refractivity contribution in [2.75, 3.05) is 39.5 Å². The normalized spacial score (nSPS) is 16.3. The molecule has 1 fully saturated rings. The van der Waals surface area contributed by atoms with Crippen molar-refractivity contribution in [1.29, 1.82) is 0 Å². The molecule has 0 spiro atoms. The van der Waals surface area contributed by atoms with Crippen molar-refractivity contribution in [3.63, 3.8) is 0 Å². The van der Waals surface area contributed by atoms with Crippen LogP contribution in [0.15, 0.2) is 24.3 Å². The minimum Gasteiger partial charge on any atom is -0.493 e. The summed E-state index contributed by atoms with van der Waals surface area (Å²) in [4.78, 5) is 13.8. The van der Waals surface area contributed by atoms with E-state index in [9.17, 15) is 4.79 Å². The van der Waals surface area contributed by atoms with Crippen molar-refractivity contribution in [1.82, 2.24) is 4.90 Å². The van der Waals surface area contributed by atoms with Gasteiger partial charge in [0.1, 0.15) is 5.75 Å². The summed E-state index contributed by atoms with van der Waals surface area (Å²) in [6.07, 6.45) is 0.965. The highest BCUT2D eigenvalue weighted by Crippen LogP contribution is 2.18. The van der Waals surface area contributed by atoms with E-state index in [-0.39, 0.29) is 5.78 Å². The predicted molar refractivity (Wildman–Crippen MR) is 73.8 cm³/mol. The molecule has 1 aromatic rings. The van der Waals surface area contributed by atoms with Gasteiger partial charge in [-0.15, -0.1) is 0 Å². The molecule has 0 aromatic heterocycles. The largest absolute Gasteiger partial charge is 0.493 e. The van der Waals surface area contributed by atoms with Crippen molar-refractivity contribution in [3.05, 3.63) is 29.8 Å². The summed E-state index contributed by atoms with van der Waals surface area (Å²) in [5.41, 5.74) is 0.661. The zero-order valence-electron chi connectivity index (χ0n) is 11.4. The quantitative estimate of drug-likeness (QED) is 0.581. The Balaban J connectivity index is 1.74. The van der Waals surface area contributed by atoms with Crippen LogP contribution < -0.4 is 4.74 Å². The highest BCUT2D eigenvalue weighted by atomic mass is 16.5. The van der Waals surface area contributed by atoms with E-state index in [4.69, 9.17) is 9.47 Å². The third-order valence-electron chi connectivity index (χ3n) is 3.25. The monoisotopic (exact) mass is 263 g/mol. The van der Waals surface area contributed by atoms with Gasteiger partial charge in [0.15, 0.2) is 5.78 Å². The fraction of sp³-hybridized carbons (Fsp3) is 0.533. The first kappa shape index (κ1) is 14.0. The van der Waals surface area contributed by atoms with Gasteiger partial charge in [-0.25, -0.2) is 0 Å². The van der Waals surface area contributed by atoms with Gasteiger partial charge in [-0.3, -0.25) is 9.69 Å². The molecule has 0 radical (unpaired) electrons. The number of benzene rings is 1. The Bertz CT molecular complexity index is 414. The second-order valence-electron chi connectivity index (χ2n) is 4.71. The Hall–Kier alpha value is -1.39. The predicted octanol–water partition coefficient (Wildman–Crippen LogP) is 1.99. The minimum absolute atomic E-state index is 0.0452. The molecule has 1 heterocycles. The molecule has 0 unspecified atom stereocenters. The van der Waals surface area contributed by atoms with E-state index in [0.717, 1.165) is 39.3 Å². The van der Waals surface area contributed by atoms with Gasteiger partial charge in [-0.1, -0.05) is 12.1 Å². The summed E-state index contributed by atoms with van der Waals surface area (Å²) in [6.45, 7) is 6.89. The number of ketones is 1. The van der Waals surface area contributed by atoms with Crippen LogP contribution in [0.1, 0.15) is 23.7 Å². The number of rotatable bonds is 6. The Kier molecular flexibility index (Phi) is 5.36. The molecule has 0 atom stereocenters. The lowest BCUT2D eigenvalue weighted by Gasteiger charge is -2.26. The summed E-state index contributed by atoms with van der Waals surface area (Å²) in [5.74, 6) is 0.737. The fourth-order valence-electron chi connectivity index (χ4n) is 2.18. The minimum atomic E-state index is 0.0452. The molecule has 1 saturated heterocycles. The molecular weight excluding hydrogens is 242 g/mol. The third kappa shape index (κ3) is 4.33. The lowest BCUT2D eigenvalue weighted by molar-refractivity contribution is 0.0357. The average molecular weight is 263 g/mol. The summed E-state index contributed by atoms with van der Waals surface area (Å²) in [5, 5.41) is 0. The topological polar surface area (TPSA) is 38.8 Å². The number of Topliss-reactive ketones (excluding diaryl/α,β-unsaturated/α-hetero) is 1. The lowest BCUT2D eigenvalue weighted by atomic mass is 10.1. The number of nitrogens with zero attached hydrogens (tertiary/aromatic N) is 1. The van der Waals surface area contributed by atoms with Gasteiger partial charge in [0, 0.05) is 19.6 Å². The van der Waals surface area contributed by atoms with Gasteiger partial charge < -0.3 is 9.47 Å². The standard InChI is InChI=1S/C15H21NO3/c1-13(17)14-5-2-3-6-15(14)19-10-4-7-16-8-11-18-12-9-16/h2-3,5-6H,4,7-12H2,1H3. The highest BCUT2D eigenvalue weighted by Gasteiger charge is 2.10. The highest BCUT2D eigenvalue weighted by molar-refractivity contribution is 5.96. The average Bonchev–Trinajstić information content (AvgIpc) is 2.45. The molecule has 19 heavy (non-hydrogen) atoms. The molecule has 0 N–H and O–H groups in total. The van der Waals surface area contributed by atoms with Crippen LogP contribution in [0.3, 0.4) is 0 Å². The molecule has 104 valence electrons. The van der Waals surface area contributed by atoms with Crippen LogP contribution in [0.2, 0.25) is 0 Å². The molecule has 0 aliphatic carbocycles. The summed E-state index contributed by atoms with van der Waals surface area (Å²) in [7, 11) is 0. The SMILES string of the molecule is CC(=O)c1ccccc1OCCCN1CCOCC1. The van der Waals surface area contributed by atoms with Gasteiger partial charge >= 0.3 is 0 Å². The molecule has 1 aliphatic heterocycles. The Labute approximate surface area is 114 Å². The lowest BCUT2D eigenvalue weighted by Crippen LogP contribution is -2.37. The van der Waals surface area contributed by atoms with E-state index >= 15 is 0 Å². The van der Waals surface area contributed by atoms with E-state index in [1.54, 1.807) is 13.0 Å². The maximum Gasteiger partial charge on any atom is 0.163 e. The van der Waals surface area contributed by atoms with Crippen LogP contribution in [-0.4, -0.2) is 50.1 Å². The summed E-state index contributed by atoms with van der Waals surface area (Å²) < 4.78 is 11.0. The number of morpholine rings is 1. The van der Waals surface area contributed by atoms with Crippen LogP contribution in [-0.2, 0) is 4.74 Å². The smallest absolute Gasteiger partial charge is 0.163 e. The third-order valence-corrected chi connectivity index (χ3v) is 3.25. The van der Waals surface area contributed by atoms with Crippen molar-refractivity contribution >= 4 is 5.78 Å². The Morgan fingerprint density at radius 2 is 2.05 bits per heavy atom. The molecule has 0 bridgehead atoms. The van der Waals surface area contributed by atoms with Crippen molar-refractivity contribution in [2.45, 2.75) is 13.3 Å². The van der Waals surface area contributed by atoms with Crippen LogP contribution in [0.25, 0.3) is 0 Å². The molecule has 0 amide bonds. The maximum atomic E-state index is 11.4. The molecule has 0 saturated carbocycles. The second-order valence-corrected chi connectivity index (χ2v) is 4.71. The van der Waals surface area contributed by atoms with Crippen LogP contribution in [0.4, 0.5) is 0 Å². The van der Waals surface area contributed by atoms with Crippen molar-refractivity contribution < 1.29 is 14.3 Å². The number of ether oxygens (including phenoxy) is 2. The zero-order chi connectivity index (χ0) is 13.5. The van der Waals surface area contributed by atoms with Crippen LogP contribution in [0.5, 0.6) is 5.75 Å². The van der Waals surface area contributed by atoms with Gasteiger partial charge in [-0.2, -0.15) is 0 Å². The molecule has 2 rings (SSSR count). The van der Waals surface area contributed by atoms with E-state index in [0.29, 0.717) is 17.9 Å². The van der Waals surface area contributed by atoms with E-state index in [2.05, 4.69) is 4.90 Å². The molecular formula is C15H21NO3. The fourth-order valence-corrected chi connectivity index (χ4v) is 2.18. The summed E-state index contributed by atoms with van der Waals surface area (Å²) >= 11 is 0. The first-order valence-electron chi connectivity index (χ1n) is 6.80. The number of carbonyl (C=O) groups excluding carboxylic acids is 1. The second kappa shape index (κ2) is 7.26. The first-order chi connectivity index (χ1) is 9.27. The van der Waals surface area contributed by atoms with Gasteiger partial charge in [0.2, 0.25) is 0 Å². The van der Waals surface area contributed by atoms with E-state index in [1.807, 2.05) is 18.2 Å². The van der Waals surface area contributed by atoms with Crippen molar-refractivity contribution in [3.8, 4) is 5.75 Å². The van der Waals surface area contributed by atoms with Crippen LogP contribution >= 0.6 is 0 Å². The molecule has 4 nitrogen and oxygen atoms in total. The van der Waals surface area contributed by atoms with Gasteiger partial charge in [0.25, 0.3) is 0 Å². The zero-order valence-corrected chi connectivity index (χ0v) is 11.4. The Morgan fingerprint density at radius 1 is 1.32 bits per heavy atom. The van der Waals surface area contributed by atoms with Crippen molar-refractivity contribution in [2.24, 2.45) is 0 Å². The number of carbonyl (C=O) groups is 1. The number of hydrogen-bond acceptors (Lipinski definition) is 4. The van der Waals surface area contributed by atoms with Crippen LogP contribution in [0, 0.1) is 0 Å². The van der Waals surface area contributed by atoms with E-state index < -0.39 is 0 Å². The van der Waals surface area contributed by atoms with Gasteiger partial charge in [-0.05, 0) is 25.5 Å². The maximum absolute atomic E-state index is 11.4. The molecule has 4 heteroatoms.